The van der Waals surface area contributed by atoms with Crippen molar-refractivity contribution in [3.8, 4) is 0 Å². The van der Waals surface area contributed by atoms with Crippen LogP contribution in [0.15, 0.2) is 18.7 Å². The maximum absolute atomic E-state index is 8.89. The maximum atomic E-state index is 8.89. The number of aliphatic hydroxyl groups excluding tert-OH is 1. The van der Waals surface area contributed by atoms with Crippen LogP contribution in [0.4, 0.5) is 0 Å². The highest BCUT2D eigenvalue weighted by atomic mass is 16.4. The predicted molar refractivity (Wildman–Crippen MR) is 43.4 cm³/mol. The molecule has 0 atom stereocenters. The molecule has 5 heteroatoms. The number of aliphatic hydroxyl groups is 1. The van der Waals surface area contributed by atoms with Crippen LogP contribution in [0.3, 0.4) is 0 Å². The van der Waals surface area contributed by atoms with Crippen LogP contribution in [0.5, 0.6) is 0 Å². The number of hydrogen-bond acceptors (Lipinski definition) is 3. The summed E-state index contributed by atoms with van der Waals surface area (Å²) in [6.07, 6.45) is 5.79. The molecular weight excluding hydrogens is 172 g/mol. The lowest BCUT2D eigenvalue weighted by Gasteiger charge is -1.86. The largest absolute Gasteiger partial charge is 0.550 e. The molecule has 0 radical (unpaired) electrons. The van der Waals surface area contributed by atoms with Gasteiger partial charge < -0.3 is 15.0 Å². The van der Waals surface area contributed by atoms with E-state index in [-0.39, 0.29) is 6.61 Å². The number of carbonyl (C=O) groups excluding carboxylic acids is 1. The number of hydrogen-bond donors (Lipinski definition) is 1. The van der Waals surface area contributed by atoms with Crippen LogP contribution in [-0.2, 0) is 18.4 Å². The van der Waals surface area contributed by atoms with E-state index in [1.165, 1.54) is 0 Å². The molecule has 1 heterocycles. The summed E-state index contributed by atoms with van der Waals surface area (Å²) in [4.78, 5) is 8.89. The molecule has 0 aliphatic rings. The van der Waals surface area contributed by atoms with Gasteiger partial charge in [0.15, 0.2) is 0 Å². The Labute approximate surface area is 76.9 Å². The van der Waals surface area contributed by atoms with Crippen molar-refractivity contribution in [3.63, 3.8) is 0 Å². The molecule has 0 aromatic carbocycles. The Morgan fingerprint density at radius 3 is 2.54 bits per heavy atom. The first kappa shape index (κ1) is 11.6. The molecule has 0 saturated heterocycles. The number of imidazole rings is 1. The second-order valence-electron chi connectivity index (χ2n) is 2.53. The molecule has 0 unspecified atom stereocenters. The minimum Gasteiger partial charge on any atom is -0.550 e. The van der Waals surface area contributed by atoms with E-state index in [0.29, 0.717) is 6.54 Å². The lowest BCUT2D eigenvalue weighted by atomic mass is 10.7. The first-order chi connectivity index (χ1) is 6.06. The van der Waals surface area contributed by atoms with Crippen molar-refractivity contribution in [2.45, 2.75) is 13.5 Å². The summed E-state index contributed by atoms with van der Waals surface area (Å²) in [6.45, 7) is 1.86. The Kier molecular flexibility index (Phi) is 5.54. The van der Waals surface area contributed by atoms with Crippen molar-refractivity contribution in [3.05, 3.63) is 18.7 Å². The Hall–Kier alpha value is -1.36. The maximum Gasteiger partial charge on any atom is 0.243 e. The number of aromatic nitrogens is 2. The molecule has 0 saturated carbocycles. The molecule has 0 amide bonds. The summed E-state index contributed by atoms with van der Waals surface area (Å²) in [7, 11) is 1.95. The van der Waals surface area contributed by atoms with Crippen molar-refractivity contribution in [2.24, 2.45) is 7.05 Å². The van der Waals surface area contributed by atoms with Crippen molar-refractivity contribution in [1.29, 1.82) is 0 Å². The van der Waals surface area contributed by atoms with Crippen LogP contribution >= 0.6 is 0 Å². The van der Waals surface area contributed by atoms with E-state index in [1.807, 2.05) is 34.9 Å². The molecule has 5 nitrogen and oxygen atoms in total. The van der Waals surface area contributed by atoms with E-state index >= 15 is 0 Å². The molecule has 13 heavy (non-hydrogen) atoms. The van der Waals surface area contributed by atoms with Gasteiger partial charge in [-0.3, -0.25) is 0 Å². The lowest BCUT2D eigenvalue weighted by Crippen LogP contribution is -2.23. The van der Waals surface area contributed by atoms with Gasteiger partial charge in [-0.1, -0.05) is 0 Å². The van der Waals surface area contributed by atoms with Gasteiger partial charge in [-0.2, -0.15) is 0 Å². The zero-order valence-electron chi connectivity index (χ0n) is 7.80. The van der Waals surface area contributed by atoms with E-state index in [4.69, 9.17) is 15.0 Å². The Bertz CT molecular complexity index is 254. The van der Waals surface area contributed by atoms with Crippen molar-refractivity contribution < 1.29 is 19.6 Å². The van der Waals surface area contributed by atoms with Crippen LogP contribution in [0.25, 0.3) is 0 Å². The van der Waals surface area contributed by atoms with Crippen molar-refractivity contribution in [1.82, 2.24) is 4.57 Å². The quantitative estimate of drug-likeness (QED) is 0.546. The van der Waals surface area contributed by atoms with E-state index < -0.39 is 5.97 Å². The topological polar surface area (TPSA) is 69.2 Å². The summed E-state index contributed by atoms with van der Waals surface area (Å²) < 4.78 is 3.87. The van der Waals surface area contributed by atoms with Crippen LogP contribution in [0, 0.1) is 0 Å². The van der Waals surface area contributed by atoms with E-state index in [9.17, 15) is 0 Å². The third-order valence-corrected chi connectivity index (χ3v) is 1.18. The number of aliphatic carboxylic acids is 1. The molecule has 0 fully saturated rings. The molecule has 1 aromatic rings. The van der Waals surface area contributed by atoms with Crippen molar-refractivity contribution >= 4 is 5.97 Å². The van der Waals surface area contributed by atoms with Gasteiger partial charge in [-0.05, 0) is 6.92 Å². The standard InChI is InChI=1S/C6H11N2O.C2H4O2/c1-7-2-3-8(6-7)4-5-9;1-2(3)4/h2-3,6,9H,4-5H2,1H3;1H3,(H,3,4)/q+1;/p-1. The summed E-state index contributed by atoms with van der Waals surface area (Å²) >= 11 is 0. The van der Waals surface area contributed by atoms with Gasteiger partial charge in [0.2, 0.25) is 6.33 Å². The van der Waals surface area contributed by atoms with Crippen LogP contribution in [-0.4, -0.2) is 22.2 Å². The monoisotopic (exact) mass is 186 g/mol. The minimum absolute atomic E-state index is 0.203. The Morgan fingerprint density at radius 2 is 2.23 bits per heavy atom. The molecule has 1 aromatic heterocycles. The summed E-state index contributed by atoms with van der Waals surface area (Å²) in [5, 5.41) is 17.4. The second-order valence-corrected chi connectivity index (χ2v) is 2.53. The molecule has 0 bridgehead atoms. The first-order valence-corrected chi connectivity index (χ1v) is 3.85. The average molecular weight is 186 g/mol. The number of rotatable bonds is 2. The van der Waals surface area contributed by atoms with Gasteiger partial charge in [0.1, 0.15) is 18.9 Å². The van der Waals surface area contributed by atoms with E-state index in [2.05, 4.69) is 0 Å². The number of carboxylic acids is 1. The fourth-order valence-corrected chi connectivity index (χ4v) is 0.749. The third-order valence-electron chi connectivity index (χ3n) is 1.18. The molecule has 74 valence electrons. The molecule has 1 N–H and O–H groups in total. The molecule has 0 spiro atoms. The number of carboxylic acid groups (broad SMARTS) is 1. The minimum atomic E-state index is -1.08. The lowest BCUT2D eigenvalue weighted by molar-refractivity contribution is -0.671. The SMILES string of the molecule is CC(=O)[O-].C[n+]1ccn(CCO)c1. The first-order valence-electron chi connectivity index (χ1n) is 3.85. The third kappa shape index (κ3) is 7.02. The smallest absolute Gasteiger partial charge is 0.243 e. The van der Waals surface area contributed by atoms with Crippen LogP contribution in [0.1, 0.15) is 6.92 Å². The average Bonchev–Trinajstić information content (AvgIpc) is 2.35. The van der Waals surface area contributed by atoms with Gasteiger partial charge in [-0.25, -0.2) is 9.13 Å². The predicted octanol–water partition coefficient (Wildman–Crippen LogP) is -1.94. The zero-order valence-corrected chi connectivity index (χ0v) is 7.80. The summed E-state index contributed by atoms with van der Waals surface area (Å²) in [5.74, 6) is -1.08. The van der Waals surface area contributed by atoms with Gasteiger partial charge in [0, 0.05) is 5.97 Å². The Morgan fingerprint density at radius 1 is 1.69 bits per heavy atom. The number of carbonyl (C=O) groups is 1. The number of aryl methyl sites for hydroxylation is 1. The fourth-order valence-electron chi connectivity index (χ4n) is 0.749. The highest BCUT2D eigenvalue weighted by Crippen LogP contribution is 1.80. The highest BCUT2D eigenvalue weighted by Gasteiger charge is 1.95. The van der Waals surface area contributed by atoms with Gasteiger partial charge in [0.05, 0.1) is 13.7 Å². The Balaban J connectivity index is 0.000000310. The van der Waals surface area contributed by atoms with E-state index in [1.54, 1.807) is 0 Å². The molecule has 0 aliphatic heterocycles. The highest BCUT2D eigenvalue weighted by molar-refractivity contribution is 5.60. The molecule has 0 aliphatic carbocycles. The number of nitrogens with zero attached hydrogens (tertiary/aromatic N) is 2. The normalized spacial score (nSPS) is 8.85. The van der Waals surface area contributed by atoms with Gasteiger partial charge in [0.25, 0.3) is 0 Å². The van der Waals surface area contributed by atoms with E-state index in [0.717, 1.165) is 6.92 Å². The van der Waals surface area contributed by atoms with Crippen molar-refractivity contribution in [2.75, 3.05) is 6.61 Å². The van der Waals surface area contributed by atoms with Gasteiger partial charge >= 0.3 is 0 Å². The molecule has 1 rings (SSSR count). The van der Waals surface area contributed by atoms with Crippen LogP contribution in [0.2, 0.25) is 0 Å². The summed E-state index contributed by atoms with van der Waals surface area (Å²) in [5.41, 5.74) is 0. The van der Waals surface area contributed by atoms with Crippen LogP contribution < -0.4 is 9.67 Å². The zero-order chi connectivity index (χ0) is 10.3. The van der Waals surface area contributed by atoms with Gasteiger partial charge in [-0.15, -0.1) is 0 Å². The summed E-state index contributed by atoms with van der Waals surface area (Å²) in [6, 6.07) is 0. The molecular formula is C8H14N2O3. The second kappa shape index (κ2) is 6.19. The fraction of sp³-hybridized carbons (Fsp3) is 0.500.